The first-order chi connectivity index (χ1) is 20.1. The van der Waals surface area contributed by atoms with E-state index in [4.69, 9.17) is 4.74 Å². The Balaban J connectivity index is 1.06. The molecule has 2 amide bonds. The SMILES string of the molecule is CN1CCC2(CCN(c3ccc(NC(=O)C4OC(N5CCC(c6ccccc6)CC5)N=C4C(F)(F)F)cn3)CC2)C1=O. The second-order valence-electron chi connectivity index (χ2n) is 11.7. The number of aliphatic imine (C=N–C) groups is 1. The Labute approximate surface area is 242 Å². The van der Waals surface area contributed by atoms with Gasteiger partial charge in [0.2, 0.25) is 12.3 Å². The van der Waals surface area contributed by atoms with Crippen molar-refractivity contribution in [1.29, 1.82) is 0 Å². The van der Waals surface area contributed by atoms with Crippen molar-refractivity contribution in [2.24, 2.45) is 10.4 Å². The molecule has 0 bridgehead atoms. The molecule has 1 N–H and O–H groups in total. The van der Waals surface area contributed by atoms with Crippen molar-refractivity contribution in [2.45, 2.75) is 56.7 Å². The number of piperidine rings is 2. The summed E-state index contributed by atoms with van der Waals surface area (Å²) in [5, 5.41) is 2.52. The normalized spacial score (nSPS) is 25.2. The summed E-state index contributed by atoms with van der Waals surface area (Å²) < 4.78 is 47.3. The molecule has 4 aliphatic heterocycles. The molecule has 4 aliphatic rings. The molecule has 2 unspecified atom stereocenters. The van der Waals surface area contributed by atoms with Crippen LogP contribution >= 0.6 is 0 Å². The van der Waals surface area contributed by atoms with Gasteiger partial charge < -0.3 is 19.9 Å². The lowest BCUT2D eigenvalue weighted by Gasteiger charge is -2.38. The van der Waals surface area contributed by atoms with Gasteiger partial charge in [-0.1, -0.05) is 30.3 Å². The summed E-state index contributed by atoms with van der Waals surface area (Å²) in [6, 6.07) is 13.4. The lowest BCUT2D eigenvalue weighted by Crippen LogP contribution is -2.44. The molecule has 2 atom stereocenters. The Hall–Kier alpha value is -3.51. The molecular formula is C30H35F3N6O3. The highest BCUT2D eigenvalue weighted by atomic mass is 19.4. The maximum absolute atomic E-state index is 13.9. The molecule has 1 spiro atoms. The Kier molecular flexibility index (Phi) is 7.69. The number of anilines is 2. The van der Waals surface area contributed by atoms with Crippen LogP contribution in [0.15, 0.2) is 53.7 Å². The number of likely N-dealkylation sites (tertiary alicyclic amines) is 2. The molecular weight excluding hydrogens is 549 g/mol. The van der Waals surface area contributed by atoms with Crippen LogP contribution in [0.5, 0.6) is 0 Å². The van der Waals surface area contributed by atoms with E-state index >= 15 is 0 Å². The number of amides is 2. The zero-order chi connectivity index (χ0) is 29.5. The van der Waals surface area contributed by atoms with Gasteiger partial charge in [0.05, 0.1) is 17.3 Å². The average Bonchev–Trinajstić information content (AvgIpc) is 3.58. The van der Waals surface area contributed by atoms with E-state index < -0.39 is 30.3 Å². The molecule has 5 heterocycles. The molecule has 0 aliphatic carbocycles. The highest BCUT2D eigenvalue weighted by Gasteiger charge is 2.51. The fourth-order valence-electron chi connectivity index (χ4n) is 6.64. The third-order valence-electron chi connectivity index (χ3n) is 9.18. The van der Waals surface area contributed by atoms with Crippen LogP contribution in [-0.2, 0) is 14.3 Å². The van der Waals surface area contributed by atoms with Gasteiger partial charge in [-0.2, -0.15) is 13.2 Å². The van der Waals surface area contributed by atoms with Gasteiger partial charge in [0.15, 0.2) is 11.8 Å². The summed E-state index contributed by atoms with van der Waals surface area (Å²) in [4.78, 5) is 39.5. The number of nitrogens with zero attached hydrogens (tertiary/aromatic N) is 5. The molecule has 12 heteroatoms. The van der Waals surface area contributed by atoms with E-state index in [1.165, 1.54) is 11.8 Å². The topological polar surface area (TPSA) is 90.4 Å². The van der Waals surface area contributed by atoms with Crippen molar-refractivity contribution < 1.29 is 27.5 Å². The fourth-order valence-corrected chi connectivity index (χ4v) is 6.64. The first-order valence-corrected chi connectivity index (χ1v) is 14.5. The standard InChI is InChI=1S/C30H35F3N6O3/c1-37-16-11-29(27(37)41)12-17-38(18-13-29)23-8-7-22(19-34-23)35-26(40)24-25(30(31,32)33)36-28(42-24)39-14-9-21(10-15-39)20-5-3-2-4-6-20/h2-8,19,21,24,28H,9-18H2,1H3,(H,35,40). The molecule has 224 valence electrons. The van der Waals surface area contributed by atoms with Crippen LogP contribution in [0.4, 0.5) is 24.7 Å². The van der Waals surface area contributed by atoms with Gasteiger partial charge in [-0.15, -0.1) is 0 Å². The quantitative estimate of drug-likeness (QED) is 0.571. The number of rotatable bonds is 5. The van der Waals surface area contributed by atoms with Crippen molar-refractivity contribution in [3.63, 3.8) is 0 Å². The van der Waals surface area contributed by atoms with E-state index in [0.29, 0.717) is 37.9 Å². The second kappa shape index (κ2) is 11.3. The van der Waals surface area contributed by atoms with Gasteiger partial charge in [-0.3, -0.25) is 14.5 Å². The number of pyridine rings is 1. The number of halogens is 3. The Bertz CT molecular complexity index is 1320. The minimum atomic E-state index is -4.80. The van der Waals surface area contributed by atoms with E-state index in [9.17, 15) is 22.8 Å². The lowest BCUT2D eigenvalue weighted by molar-refractivity contribution is -0.136. The monoisotopic (exact) mass is 584 g/mol. The average molecular weight is 585 g/mol. The smallest absolute Gasteiger partial charge is 0.357 e. The molecule has 2 aromatic rings. The molecule has 6 rings (SSSR count). The van der Waals surface area contributed by atoms with Gasteiger partial charge in [-0.25, -0.2) is 9.98 Å². The lowest BCUT2D eigenvalue weighted by atomic mass is 9.77. The number of carbonyl (C=O) groups is 2. The highest BCUT2D eigenvalue weighted by Crippen LogP contribution is 2.41. The first kappa shape index (κ1) is 28.6. The number of hydrogen-bond donors (Lipinski definition) is 1. The molecule has 3 saturated heterocycles. The van der Waals surface area contributed by atoms with E-state index in [1.807, 2.05) is 25.2 Å². The highest BCUT2D eigenvalue weighted by molar-refractivity contribution is 6.14. The van der Waals surface area contributed by atoms with Crippen LogP contribution in [0.3, 0.4) is 0 Å². The van der Waals surface area contributed by atoms with Crippen LogP contribution in [0.25, 0.3) is 0 Å². The van der Waals surface area contributed by atoms with Crippen LogP contribution in [-0.4, -0.2) is 90.7 Å². The maximum Gasteiger partial charge on any atom is 0.432 e. The van der Waals surface area contributed by atoms with E-state index in [0.717, 1.165) is 38.6 Å². The largest absolute Gasteiger partial charge is 0.432 e. The van der Waals surface area contributed by atoms with E-state index in [-0.39, 0.29) is 17.0 Å². The minimum Gasteiger partial charge on any atom is -0.357 e. The molecule has 0 radical (unpaired) electrons. The number of nitrogens with one attached hydrogen (secondary N) is 1. The van der Waals surface area contributed by atoms with Crippen LogP contribution in [0, 0.1) is 5.41 Å². The number of aromatic nitrogens is 1. The number of carbonyl (C=O) groups excluding carboxylic acids is 2. The Morgan fingerprint density at radius 3 is 2.29 bits per heavy atom. The van der Waals surface area contributed by atoms with Gasteiger partial charge in [-0.05, 0) is 55.7 Å². The molecule has 9 nitrogen and oxygen atoms in total. The van der Waals surface area contributed by atoms with Crippen molar-refractivity contribution >= 4 is 29.0 Å². The van der Waals surface area contributed by atoms with Gasteiger partial charge in [0.1, 0.15) is 5.82 Å². The van der Waals surface area contributed by atoms with Crippen molar-refractivity contribution in [2.75, 3.05) is 50.0 Å². The zero-order valence-corrected chi connectivity index (χ0v) is 23.5. The van der Waals surface area contributed by atoms with Crippen LogP contribution in [0.2, 0.25) is 0 Å². The van der Waals surface area contributed by atoms with E-state index in [1.54, 1.807) is 21.9 Å². The number of ether oxygens (including phenoxy) is 1. The summed E-state index contributed by atoms with van der Waals surface area (Å²) in [5.74, 6) is 0.284. The second-order valence-corrected chi connectivity index (χ2v) is 11.7. The molecule has 1 aromatic heterocycles. The van der Waals surface area contributed by atoms with Crippen molar-refractivity contribution in [3.8, 4) is 0 Å². The third kappa shape index (κ3) is 5.61. The summed E-state index contributed by atoms with van der Waals surface area (Å²) in [6.07, 6.45) is -2.51. The van der Waals surface area contributed by atoms with Gasteiger partial charge in [0, 0.05) is 39.8 Å². The molecule has 3 fully saturated rings. The number of hydrogen-bond acceptors (Lipinski definition) is 7. The zero-order valence-electron chi connectivity index (χ0n) is 23.5. The summed E-state index contributed by atoms with van der Waals surface area (Å²) in [5.41, 5.74) is -0.0357. The third-order valence-corrected chi connectivity index (χ3v) is 9.18. The fraction of sp³-hybridized carbons (Fsp3) is 0.533. The molecule has 0 saturated carbocycles. The Morgan fingerprint density at radius 2 is 1.69 bits per heavy atom. The van der Waals surface area contributed by atoms with Crippen molar-refractivity contribution in [3.05, 3.63) is 54.2 Å². The van der Waals surface area contributed by atoms with E-state index in [2.05, 4.69) is 32.3 Å². The van der Waals surface area contributed by atoms with Crippen LogP contribution in [0.1, 0.15) is 43.6 Å². The predicted octanol–water partition coefficient (Wildman–Crippen LogP) is 4.03. The predicted molar refractivity (Wildman–Crippen MR) is 151 cm³/mol. The molecule has 42 heavy (non-hydrogen) atoms. The minimum absolute atomic E-state index is 0.211. The number of benzene rings is 1. The van der Waals surface area contributed by atoms with Crippen molar-refractivity contribution in [1.82, 2.24) is 14.8 Å². The summed E-state index contributed by atoms with van der Waals surface area (Å²) >= 11 is 0. The summed E-state index contributed by atoms with van der Waals surface area (Å²) in [7, 11) is 1.84. The van der Waals surface area contributed by atoms with Crippen LogP contribution < -0.4 is 10.2 Å². The van der Waals surface area contributed by atoms with Gasteiger partial charge >= 0.3 is 6.18 Å². The molecule has 1 aromatic carbocycles. The first-order valence-electron chi connectivity index (χ1n) is 14.5. The maximum atomic E-state index is 13.9. The van der Waals surface area contributed by atoms with Gasteiger partial charge in [0.25, 0.3) is 5.91 Å². The Morgan fingerprint density at radius 1 is 1.00 bits per heavy atom. The summed E-state index contributed by atoms with van der Waals surface area (Å²) in [6.45, 7) is 3.18. The number of alkyl halides is 3.